The van der Waals surface area contributed by atoms with Gasteiger partial charge in [-0.15, -0.1) is 0 Å². The van der Waals surface area contributed by atoms with Crippen molar-refractivity contribution in [1.29, 1.82) is 0 Å². The lowest BCUT2D eigenvalue weighted by molar-refractivity contribution is 0.401. The van der Waals surface area contributed by atoms with Crippen LogP contribution < -0.4 is 0 Å². The first-order valence-corrected chi connectivity index (χ1v) is 9.63. The molecular weight excluding hydrogens is 212 g/mol. The lowest BCUT2D eigenvalue weighted by Crippen LogP contribution is -2.33. The standard InChI is InChI=1S/C14H28OSi/c1-4-16(5-2,6-3)15-13-12-14-10-8-7-9-11-14/h12-14H,4-11H2,1-3H3/b13-12+. The molecule has 0 spiro atoms. The number of hydrogen-bond acceptors (Lipinski definition) is 1. The van der Waals surface area contributed by atoms with Crippen LogP contribution in [0.25, 0.3) is 0 Å². The molecule has 0 bridgehead atoms. The molecule has 1 nitrogen and oxygen atoms in total. The van der Waals surface area contributed by atoms with E-state index in [-0.39, 0.29) is 0 Å². The first-order valence-electron chi connectivity index (χ1n) is 7.10. The van der Waals surface area contributed by atoms with Crippen molar-refractivity contribution in [3.05, 3.63) is 12.3 Å². The summed E-state index contributed by atoms with van der Waals surface area (Å²) in [5, 5.41) is 0. The van der Waals surface area contributed by atoms with Gasteiger partial charge in [-0.25, -0.2) is 0 Å². The maximum atomic E-state index is 6.14. The van der Waals surface area contributed by atoms with Crippen LogP contribution in [0.1, 0.15) is 52.9 Å². The molecule has 0 atom stereocenters. The zero-order valence-electron chi connectivity index (χ0n) is 11.3. The van der Waals surface area contributed by atoms with E-state index in [4.69, 9.17) is 4.43 Å². The van der Waals surface area contributed by atoms with E-state index < -0.39 is 8.32 Å². The summed E-state index contributed by atoms with van der Waals surface area (Å²) in [6, 6.07) is 3.74. The Hall–Kier alpha value is -0.243. The van der Waals surface area contributed by atoms with E-state index in [9.17, 15) is 0 Å². The van der Waals surface area contributed by atoms with Gasteiger partial charge in [-0.3, -0.25) is 0 Å². The average molecular weight is 240 g/mol. The second-order valence-corrected chi connectivity index (χ2v) is 9.81. The summed E-state index contributed by atoms with van der Waals surface area (Å²) in [5.74, 6) is 0.797. The molecule has 1 aliphatic rings. The molecule has 1 aliphatic carbocycles. The van der Waals surface area contributed by atoms with E-state index >= 15 is 0 Å². The van der Waals surface area contributed by atoms with Crippen LogP contribution in [0.3, 0.4) is 0 Å². The van der Waals surface area contributed by atoms with E-state index in [1.165, 1.54) is 50.2 Å². The summed E-state index contributed by atoms with van der Waals surface area (Å²) in [6.07, 6.45) is 11.4. The molecule has 2 heteroatoms. The molecule has 0 saturated heterocycles. The highest BCUT2D eigenvalue weighted by Crippen LogP contribution is 2.26. The minimum absolute atomic E-state index is 0.797. The summed E-state index contributed by atoms with van der Waals surface area (Å²) >= 11 is 0. The molecule has 16 heavy (non-hydrogen) atoms. The van der Waals surface area contributed by atoms with E-state index in [0.29, 0.717) is 0 Å². The van der Waals surface area contributed by atoms with Crippen LogP contribution in [-0.4, -0.2) is 8.32 Å². The molecule has 0 aromatic heterocycles. The molecule has 1 saturated carbocycles. The molecule has 0 unspecified atom stereocenters. The van der Waals surface area contributed by atoms with Crippen molar-refractivity contribution in [2.45, 2.75) is 71.0 Å². The first-order chi connectivity index (χ1) is 7.76. The molecule has 1 fully saturated rings. The monoisotopic (exact) mass is 240 g/mol. The molecule has 0 amide bonds. The highest BCUT2D eigenvalue weighted by atomic mass is 28.4. The van der Waals surface area contributed by atoms with Crippen molar-refractivity contribution in [1.82, 2.24) is 0 Å². The van der Waals surface area contributed by atoms with Gasteiger partial charge in [0, 0.05) is 0 Å². The topological polar surface area (TPSA) is 9.23 Å². The molecule has 0 aliphatic heterocycles. The van der Waals surface area contributed by atoms with Crippen LogP contribution in [0.15, 0.2) is 12.3 Å². The quantitative estimate of drug-likeness (QED) is 0.463. The predicted molar refractivity (Wildman–Crippen MR) is 74.0 cm³/mol. The van der Waals surface area contributed by atoms with Gasteiger partial charge >= 0.3 is 0 Å². The Morgan fingerprint density at radius 3 is 2.06 bits per heavy atom. The van der Waals surface area contributed by atoms with E-state index in [0.717, 1.165) is 5.92 Å². The summed E-state index contributed by atoms with van der Waals surface area (Å²) in [4.78, 5) is 0. The van der Waals surface area contributed by atoms with Crippen LogP contribution in [0.5, 0.6) is 0 Å². The molecule has 94 valence electrons. The van der Waals surface area contributed by atoms with Crippen LogP contribution in [-0.2, 0) is 4.43 Å². The van der Waals surface area contributed by atoms with Gasteiger partial charge in [-0.05, 0) is 43.0 Å². The Balaban J connectivity index is 2.38. The van der Waals surface area contributed by atoms with Crippen LogP contribution >= 0.6 is 0 Å². The van der Waals surface area contributed by atoms with Crippen molar-refractivity contribution in [2.24, 2.45) is 5.92 Å². The molecule has 0 aromatic rings. The van der Waals surface area contributed by atoms with Crippen molar-refractivity contribution in [3.8, 4) is 0 Å². The smallest absolute Gasteiger partial charge is 0.249 e. The maximum Gasteiger partial charge on any atom is 0.249 e. The summed E-state index contributed by atoms with van der Waals surface area (Å²) in [6.45, 7) is 6.86. The normalized spacial score (nSPS) is 19.2. The molecule has 0 radical (unpaired) electrons. The van der Waals surface area contributed by atoms with Crippen molar-refractivity contribution in [3.63, 3.8) is 0 Å². The molecular formula is C14H28OSi. The Labute approximate surface area is 102 Å². The number of rotatable bonds is 6. The van der Waals surface area contributed by atoms with Crippen molar-refractivity contribution in [2.75, 3.05) is 0 Å². The fraction of sp³-hybridized carbons (Fsp3) is 0.857. The zero-order valence-corrected chi connectivity index (χ0v) is 12.3. The Bertz CT molecular complexity index is 195. The molecule has 0 heterocycles. The third-order valence-corrected chi connectivity index (χ3v) is 8.75. The summed E-state index contributed by atoms with van der Waals surface area (Å²) in [5.41, 5.74) is 0. The zero-order chi connectivity index (χ0) is 11.9. The highest BCUT2D eigenvalue weighted by molar-refractivity contribution is 6.73. The van der Waals surface area contributed by atoms with Crippen molar-refractivity contribution >= 4 is 8.32 Å². The van der Waals surface area contributed by atoms with Gasteiger partial charge in [-0.2, -0.15) is 0 Å². The SMILES string of the molecule is CC[Si](CC)(CC)O/C=C/C1CCCCC1. The second-order valence-electron chi connectivity index (χ2n) is 5.09. The minimum Gasteiger partial charge on any atom is -0.549 e. The van der Waals surface area contributed by atoms with Gasteiger partial charge in [0.1, 0.15) is 0 Å². The van der Waals surface area contributed by atoms with Crippen LogP contribution in [0, 0.1) is 5.92 Å². The average Bonchev–Trinajstić information content (AvgIpc) is 2.37. The highest BCUT2D eigenvalue weighted by Gasteiger charge is 2.29. The molecule has 0 N–H and O–H groups in total. The summed E-state index contributed by atoms with van der Waals surface area (Å²) in [7, 11) is -1.39. The van der Waals surface area contributed by atoms with Gasteiger partial charge in [0.25, 0.3) is 0 Å². The van der Waals surface area contributed by atoms with Crippen LogP contribution in [0.4, 0.5) is 0 Å². The Morgan fingerprint density at radius 1 is 1.00 bits per heavy atom. The number of allylic oxidation sites excluding steroid dienone is 1. The lowest BCUT2D eigenvalue weighted by Gasteiger charge is -2.27. The minimum atomic E-state index is -1.39. The van der Waals surface area contributed by atoms with E-state index in [1.54, 1.807) is 0 Å². The summed E-state index contributed by atoms with van der Waals surface area (Å²) < 4.78 is 6.14. The third kappa shape index (κ3) is 3.97. The predicted octanol–water partition coefficient (Wildman–Crippen LogP) is 5.10. The van der Waals surface area contributed by atoms with Gasteiger partial charge in [0.2, 0.25) is 8.32 Å². The Morgan fingerprint density at radius 2 is 1.56 bits per heavy atom. The van der Waals surface area contributed by atoms with Gasteiger partial charge in [0.15, 0.2) is 0 Å². The van der Waals surface area contributed by atoms with Crippen LogP contribution in [0.2, 0.25) is 18.1 Å². The fourth-order valence-corrected chi connectivity index (χ4v) is 4.99. The van der Waals surface area contributed by atoms with E-state index in [1.807, 2.05) is 0 Å². The second kappa shape index (κ2) is 7.15. The largest absolute Gasteiger partial charge is 0.549 e. The first kappa shape index (κ1) is 13.8. The van der Waals surface area contributed by atoms with Gasteiger partial charge in [-0.1, -0.05) is 40.0 Å². The molecule has 1 rings (SSSR count). The number of hydrogen-bond donors (Lipinski definition) is 0. The van der Waals surface area contributed by atoms with Gasteiger partial charge in [0.05, 0.1) is 6.26 Å². The van der Waals surface area contributed by atoms with Gasteiger partial charge < -0.3 is 4.43 Å². The van der Waals surface area contributed by atoms with E-state index in [2.05, 4.69) is 33.1 Å². The van der Waals surface area contributed by atoms with Crippen molar-refractivity contribution < 1.29 is 4.43 Å². The lowest BCUT2D eigenvalue weighted by atomic mass is 9.89. The fourth-order valence-electron chi connectivity index (χ4n) is 2.62. The maximum absolute atomic E-state index is 6.14. The Kier molecular flexibility index (Phi) is 6.18. The third-order valence-electron chi connectivity index (χ3n) is 4.25. The molecule has 0 aromatic carbocycles.